The van der Waals surface area contributed by atoms with Gasteiger partial charge in [-0.25, -0.2) is 4.98 Å². The van der Waals surface area contributed by atoms with Gasteiger partial charge in [0, 0.05) is 11.9 Å². The van der Waals surface area contributed by atoms with E-state index in [1.807, 2.05) is 6.92 Å². The lowest BCUT2D eigenvalue weighted by atomic mass is 10.2. The Balaban J connectivity index is 1.90. The van der Waals surface area contributed by atoms with Crippen molar-refractivity contribution in [2.75, 3.05) is 5.32 Å². The van der Waals surface area contributed by atoms with Crippen LogP contribution in [-0.4, -0.2) is 31.1 Å². The molecule has 0 spiro atoms. The first kappa shape index (κ1) is 12.6. The molecular weight excluding hydrogens is 280 g/mol. The normalized spacial score (nSPS) is 10.9. The topological polar surface area (TPSA) is 99.3 Å². The second kappa shape index (κ2) is 4.93. The van der Waals surface area contributed by atoms with Gasteiger partial charge in [0.2, 0.25) is 5.95 Å². The maximum absolute atomic E-state index is 12.2. The van der Waals surface area contributed by atoms with E-state index in [9.17, 15) is 4.79 Å². The highest BCUT2D eigenvalue weighted by molar-refractivity contribution is 6.33. The van der Waals surface area contributed by atoms with Crippen LogP contribution in [-0.2, 0) is 6.42 Å². The van der Waals surface area contributed by atoms with Gasteiger partial charge >= 0.3 is 0 Å². The smallest absolute Gasteiger partial charge is 0.263 e. The van der Waals surface area contributed by atoms with Crippen LogP contribution in [0, 0.1) is 0 Å². The zero-order valence-electron chi connectivity index (χ0n) is 10.6. The summed E-state index contributed by atoms with van der Waals surface area (Å²) in [6, 6.07) is 1.75. The maximum atomic E-state index is 12.2. The predicted molar refractivity (Wildman–Crippen MR) is 74.8 cm³/mol. The molecule has 3 aromatic rings. The molecule has 3 aromatic heterocycles. The number of nitrogens with one attached hydrogen (secondary N) is 3. The third kappa shape index (κ3) is 2.12. The highest BCUT2D eigenvalue weighted by atomic mass is 35.5. The molecule has 0 aromatic carbocycles. The lowest BCUT2D eigenvalue weighted by Crippen LogP contribution is -2.14. The Morgan fingerprint density at radius 1 is 1.50 bits per heavy atom. The minimum absolute atomic E-state index is 0.150. The van der Waals surface area contributed by atoms with Crippen molar-refractivity contribution in [3.05, 3.63) is 34.9 Å². The third-order valence-electron chi connectivity index (χ3n) is 2.89. The van der Waals surface area contributed by atoms with E-state index < -0.39 is 0 Å². The zero-order valence-corrected chi connectivity index (χ0v) is 11.3. The minimum atomic E-state index is -0.354. The number of hydrogen-bond acceptors (Lipinski definition) is 4. The highest BCUT2D eigenvalue weighted by Gasteiger charge is 2.19. The van der Waals surface area contributed by atoms with Gasteiger partial charge in [-0.15, -0.1) is 0 Å². The molecule has 0 saturated heterocycles. The van der Waals surface area contributed by atoms with Crippen LogP contribution in [0.1, 0.15) is 23.0 Å². The van der Waals surface area contributed by atoms with Crippen molar-refractivity contribution in [1.29, 1.82) is 0 Å². The van der Waals surface area contributed by atoms with Crippen LogP contribution in [0.5, 0.6) is 0 Å². The second-order valence-corrected chi connectivity index (χ2v) is 4.51. The number of amides is 1. The van der Waals surface area contributed by atoms with Gasteiger partial charge in [-0.05, 0) is 12.5 Å². The van der Waals surface area contributed by atoms with Crippen LogP contribution < -0.4 is 5.32 Å². The van der Waals surface area contributed by atoms with E-state index in [4.69, 9.17) is 11.6 Å². The van der Waals surface area contributed by atoms with E-state index in [1.165, 1.54) is 0 Å². The van der Waals surface area contributed by atoms with E-state index in [-0.39, 0.29) is 11.1 Å². The molecule has 0 aliphatic heterocycles. The second-order valence-electron chi connectivity index (χ2n) is 4.15. The van der Waals surface area contributed by atoms with E-state index >= 15 is 0 Å². The van der Waals surface area contributed by atoms with Gasteiger partial charge in [0.05, 0.1) is 22.8 Å². The molecule has 0 bridgehead atoms. The van der Waals surface area contributed by atoms with Gasteiger partial charge in [-0.1, -0.05) is 18.5 Å². The van der Waals surface area contributed by atoms with Gasteiger partial charge in [0.1, 0.15) is 0 Å². The van der Waals surface area contributed by atoms with Crippen LogP contribution in [0.15, 0.2) is 18.5 Å². The molecule has 102 valence electrons. The number of rotatable bonds is 3. The fourth-order valence-corrected chi connectivity index (χ4v) is 2.17. The van der Waals surface area contributed by atoms with Crippen LogP contribution >= 0.6 is 11.6 Å². The molecule has 0 saturated carbocycles. The van der Waals surface area contributed by atoms with Crippen molar-refractivity contribution >= 4 is 34.5 Å². The Labute approximate surface area is 118 Å². The number of imidazole rings is 1. The SMILES string of the molecule is CCc1[nH]nc(Cl)c1C(=O)Nc1nc2ccncc2[nH]1. The monoisotopic (exact) mass is 290 g/mol. The van der Waals surface area contributed by atoms with Gasteiger partial charge in [-0.3, -0.25) is 20.2 Å². The molecule has 0 aliphatic carbocycles. The Kier molecular flexibility index (Phi) is 3.11. The first-order chi connectivity index (χ1) is 9.69. The van der Waals surface area contributed by atoms with Crippen LogP contribution in [0.4, 0.5) is 5.95 Å². The number of hydrogen-bond donors (Lipinski definition) is 3. The number of anilines is 1. The Morgan fingerprint density at radius 3 is 3.10 bits per heavy atom. The molecule has 3 heterocycles. The summed E-state index contributed by atoms with van der Waals surface area (Å²) in [4.78, 5) is 23.4. The molecule has 0 fully saturated rings. The number of pyridine rings is 1. The van der Waals surface area contributed by atoms with Crippen molar-refractivity contribution in [3.8, 4) is 0 Å². The van der Waals surface area contributed by atoms with Crippen molar-refractivity contribution in [1.82, 2.24) is 25.1 Å². The largest absolute Gasteiger partial charge is 0.323 e. The lowest BCUT2D eigenvalue weighted by molar-refractivity contribution is 0.102. The molecule has 0 atom stereocenters. The van der Waals surface area contributed by atoms with Gasteiger partial charge in [0.15, 0.2) is 5.15 Å². The van der Waals surface area contributed by atoms with Gasteiger partial charge in [-0.2, -0.15) is 5.10 Å². The fraction of sp³-hybridized carbons (Fsp3) is 0.167. The Bertz CT molecular complexity index is 744. The van der Waals surface area contributed by atoms with Crippen molar-refractivity contribution < 1.29 is 4.79 Å². The highest BCUT2D eigenvalue weighted by Crippen LogP contribution is 2.19. The number of carbonyl (C=O) groups excluding carboxylic acids is 1. The Hall–Kier alpha value is -2.41. The number of aromatic nitrogens is 5. The number of nitrogens with zero attached hydrogens (tertiary/aromatic N) is 3. The number of halogens is 1. The predicted octanol–water partition coefficient (Wildman–Crippen LogP) is 2.15. The summed E-state index contributed by atoms with van der Waals surface area (Å²) in [5.41, 5.74) is 2.50. The molecule has 20 heavy (non-hydrogen) atoms. The van der Waals surface area contributed by atoms with E-state index in [0.29, 0.717) is 23.6 Å². The first-order valence-corrected chi connectivity index (χ1v) is 6.40. The van der Waals surface area contributed by atoms with E-state index in [0.717, 1.165) is 11.0 Å². The average Bonchev–Trinajstić information content (AvgIpc) is 3.00. The Morgan fingerprint density at radius 2 is 2.35 bits per heavy atom. The molecule has 0 aliphatic rings. The van der Waals surface area contributed by atoms with E-state index in [2.05, 4.69) is 30.5 Å². The number of aryl methyl sites for hydroxylation is 1. The zero-order chi connectivity index (χ0) is 14.1. The standard InChI is InChI=1S/C12H11ClN6O/c1-2-6-9(10(13)19-18-6)11(20)17-12-15-7-3-4-14-5-8(7)16-12/h3-5H,2H2,1H3,(H,18,19)(H2,15,16,17,20). The van der Waals surface area contributed by atoms with E-state index in [1.54, 1.807) is 18.5 Å². The summed E-state index contributed by atoms with van der Waals surface area (Å²) >= 11 is 5.92. The summed E-state index contributed by atoms with van der Waals surface area (Å²) in [6.45, 7) is 1.91. The van der Waals surface area contributed by atoms with Crippen LogP contribution in [0.2, 0.25) is 5.15 Å². The molecular formula is C12H11ClN6O. The molecule has 1 amide bonds. The minimum Gasteiger partial charge on any atom is -0.323 e. The number of fused-ring (bicyclic) bond motifs is 1. The molecule has 3 rings (SSSR count). The molecule has 7 nitrogen and oxygen atoms in total. The summed E-state index contributed by atoms with van der Waals surface area (Å²) in [6.07, 6.45) is 3.91. The van der Waals surface area contributed by atoms with Crippen molar-refractivity contribution in [2.24, 2.45) is 0 Å². The summed E-state index contributed by atoms with van der Waals surface area (Å²) in [5, 5.41) is 9.39. The summed E-state index contributed by atoms with van der Waals surface area (Å²) < 4.78 is 0. The maximum Gasteiger partial charge on any atom is 0.263 e. The molecule has 0 unspecified atom stereocenters. The van der Waals surface area contributed by atoms with Crippen molar-refractivity contribution in [3.63, 3.8) is 0 Å². The van der Waals surface area contributed by atoms with Crippen LogP contribution in [0.25, 0.3) is 11.0 Å². The van der Waals surface area contributed by atoms with Gasteiger partial charge < -0.3 is 4.98 Å². The number of aromatic amines is 2. The molecule has 3 N–H and O–H groups in total. The van der Waals surface area contributed by atoms with Gasteiger partial charge in [0.25, 0.3) is 5.91 Å². The first-order valence-electron chi connectivity index (χ1n) is 6.03. The average molecular weight is 291 g/mol. The summed E-state index contributed by atoms with van der Waals surface area (Å²) in [5.74, 6) is -0.00932. The third-order valence-corrected chi connectivity index (χ3v) is 3.17. The fourth-order valence-electron chi connectivity index (χ4n) is 1.93. The molecule has 8 heteroatoms. The number of carbonyl (C=O) groups is 1. The van der Waals surface area contributed by atoms with Crippen molar-refractivity contribution in [2.45, 2.75) is 13.3 Å². The lowest BCUT2D eigenvalue weighted by Gasteiger charge is -2.01. The van der Waals surface area contributed by atoms with Crippen LogP contribution in [0.3, 0.4) is 0 Å². The summed E-state index contributed by atoms with van der Waals surface area (Å²) in [7, 11) is 0. The quantitative estimate of drug-likeness (QED) is 0.688. The number of H-pyrrole nitrogens is 2. The molecule has 0 radical (unpaired) electrons.